The second kappa shape index (κ2) is 11.0. The van der Waals surface area contributed by atoms with Gasteiger partial charge in [-0.3, -0.25) is 0 Å². The van der Waals surface area contributed by atoms with Crippen LogP contribution in [0.1, 0.15) is 26.7 Å². The average molecular weight is 219 g/mol. The molecule has 0 aliphatic heterocycles. The standard InChI is InChI=1S/C9H18NO3P/c1-3-12-9(13-4-2)6-5-7-10-8-14-11/h9-10H,3-7H2,1-2H3. The van der Waals surface area contributed by atoms with E-state index in [2.05, 4.69) is 11.1 Å². The Bertz CT molecular complexity index is 209. The molecule has 0 aliphatic carbocycles. The van der Waals surface area contributed by atoms with Crippen LogP contribution in [-0.4, -0.2) is 26.0 Å². The third-order valence-corrected chi connectivity index (χ3v) is 1.82. The zero-order valence-corrected chi connectivity index (χ0v) is 9.68. The van der Waals surface area contributed by atoms with Gasteiger partial charge in [0, 0.05) is 0 Å². The normalized spacial score (nSPS) is 10.2. The molecule has 0 rings (SSSR count). The van der Waals surface area contributed by atoms with Crippen LogP contribution in [0.2, 0.25) is 0 Å². The summed E-state index contributed by atoms with van der Waals surface area (Å²) < 4.78 is 20.7. The molecule has 0 radical (unpaired) electrons. The molecule has 0 aromatic rings. The SMILES string of the molecule is CCOC(CCCNC#P=O)OCC. The molecule has 0 spiro atoms. The quantitative estimate of drug-likeness (QED) is 0.293. The fraction of sp³-hybridized carbons (Fsp3) is 0.889. The average Bonchev–Trinajstić information content (AvgIpc) is 2.18. The second-order valence-electron chi connectivity index (χ2n) is 2.61. The summed E-state index contributed by atoms with van der Waals surface area (Å²) in [5.41, 5.74) is 0. The summed E-state index contributed by atoms with van der Waals surface area (Å²) >= 11 is 0. The maximum absolute atomic E-state index is 9.98. The summed E-state index contributed by atoms with van der Waals surface area (Å²) in [5.74, 6) is 2.47. The summed E-state index contributed by atoms with van der Waals surface area (Å²) in [6.45, 7) is 5.96. The van der Waals surface area contributed by atoms with Crippen LogP contribution in [-0.2, 0) is 14.0 Å². The number of ether oxygens (including phenoxy) is 2. The van der Waals surface area contributed by atoms with Gasteiger partial charge in [-0.05, 0) is 0 Å². The van der Waals surface area contributed by atoms with Crippen molar-refractivity contribution in [2.24, 2.45) is 0 Å². The number of rotatable bonds is 8. The third kappa shape index (κ3) is 8.49. The maximum atomic E-state index is 9.98. The molecule has 0 saturated heterocycles. The monoisotopic (exact) mass is 219 g/mol. The molecule has 0 heterocycles. The first kappa shape index (κ1) is 13.9. The van der Waals surface area contributed by atoms with Crippen LogP contribution in [0.3, 0.4) is 0 Å². The van der Waals surface area contributed by atoms with Crippen molar-refractivity contribution in [1.29, 1.82) is 0 Å². The van der Waals surface area contributed by atoms with Crippen LogP contribution in [0.4, 0.5) is 0 Å². The summed E-state index contributed by atoms with van der Waals surface area (Å²) in [5, 5.41) is 2.79. The first-order valence-electron chi connectivity index (χ1n) is 4.88. The van der Waals surface area contributed by atoms with E-state index in [0.717, 1.165) is 19.4 Å². The zero-order chi connectivity index (χ0) is 10.6. The topological polar surface area (TPSA) is 47.6 Å². The molecular formula is C9H18NO3P. The fourth-order valence-electron chi connectivity index (χ4n) is 1.03. The van der Waals surface area contributed by atoms with Gasteiger partial charge in [0.25, 0.3) is 0 Å². The van der Waals surface area contributed by atoms with Crippen LogP contribution in [0.5, 0.6) is 0 Å². The second-order valence-corrected chi connectivity index (χ2v) is 3.02. The van der Waals surface area contributed by atoms with Crippen molar-refractivity contribution in [3.8, 4) is 5.75 Å². The van der Waals surface area contributed by atoms with Crippen molar-refractivity contribution < 1.29 is 14.0 Å². The van der Waals surface area contributed by atoms with Gasteiger partial charge >= 0.3 is 85.8 Å². The molecule has 0 atom stereocenters. The van der Waals surface area contributed by atoms with E-state index in [9.17, 15) is 4.57 Å². The Morgan fingerprint density at radius 2 is 2.00 bits per heavy atom. The van der Waals surface area contributed by atoms with Crippen LogP contribution in [0, 0.1) is 5.75 Å². The molecule has 14 heavy (non-hydrogen) atoms. The van der Waals surface area contributed by atoms with Crippen molar-refractivity contribution in [2.45, 2.75) is 33.0 Å². The van der Waals surface area contributed by atoms with Gasteiger partial charge in [-0.25, -0.2) is 0 Å². The Balaban J connectivity index is 3.47. The van der Waals surface area contributed by atoms with E-state index in [1.165, 1.54) is 0 Å². The summed E-state index contributed by atoms with van der Waals surface area (Å²) in [6.07, 6.45) is 1.64. The van der Waals surface area contributed by atoms with E-state index in [1.807, 2.05) is 13.8 Å². The summed E-state index contributed by atoms with van der Waals surface area (Å²) in [7, 11) is -0.101. The van der Waals surface area contributed by atoms with Gasteiger partial charge in [0.1, 0.15) is 0 Å². The van der Waals surface area contributed by atoms with E-state index >= 15 is 0 Å². The van der Waals surface area contributed by atoms with E-state index in [0.29, 0.717) is 13.2 Å². The number of hydrogen-bond donors (Lipinski definition) is 1. The molecule has 1 N–H and O–H groups in total. The molecule has 0 aromatic heterocycles. The first-order valence-corrected chi connectivity index (χ1v) is 5.69. The Hall–Kier alpha value is -0.110. The molecular weight excluding hydrogens is 201 g/mol. The molecule has 0 saturated carbocycles. The van der Waals surface area contributed by atoms with E-state index in [-0.39, 0.29) is 14.2 Å². The van der Waals surface area contributed by atoms with Gasteiger partial charge in [0.15, 0.2) is 0 Å². The first-order chi connectivity index (χ1) is 6.85. The Morgan fingerprint density at radius 3 is 2.50 bits per heavy atom. The van der Waals surface area contributed by atoms with Crippen LogP contribution in [0.25, 0.3) is 0 Å². The van der Waals surface area contributed by atoms with Gasteiger partial charge in [0.05, 0.1) is 0 Å². The van der Waals surface area contributed by atoms with Gasteiger partial charge in [-0.2, -0.15) is 0 Å². The number of nitrogens with one attached hydrogen (secondary N) is 1. The van der Waals surface area contributed by atoms with Crippen molar-refractivity contribution in [3.63, 3.8) is 0 Å². The van der Waals surface area contributed by atoms with Gasteiger partial charge in [-0.1, -0.05) is 0 Å². The molecule has 0 aliphatic rings. The molecule has 82 valence electrons. The minimum atomic E-state index is -0.114. The zero-order valence-electron chi connectivity index (χ0n) is 8.78. The summed E-state index contributed by atoms with van der Waals surface area (Å²) in [6, 6.07) is 0. The molecule has 0 fully saturated rings. The molecule has 4 nitrogen and oxygen atoms in total. The Labute approximate surface area is 86.5 Å². The third-order valence-electron chi connectivity index (χ3n) is 1.57. The summed E-state index contributed by atoms with van der Waals surface area (Å²) in [4.78, 5) is 0. The van der Waals surface area contributed by atoms with Crippen molar-refractivity contribution >= 4 is 7.92 Å². The predicted molar refractivity (Wildman–Crippen MR) is 55.8 cm³/mol. The van der Waals surface area contributed by atoms with Crippen LogP contribution >= 0.6 is 7.92 Å². The molecule has 0 unspecified atom stereocenters. The molecule has 5 heteroatoms. The van der Waals surface area contributed by atoms with Gasteiger partial charge in [-0.15, -0.1) is 0 Å². The Morgan fingerprint density at radius 1 is 1.36 bits per heavy atom. The van der Waals surface area contributed by atoms with Crippen LogP contribution in [0.15, 0.2) is 0 Å². The van der Waals surface area contributed by atoms with Crippen LogP contribution < -0.4 is 5.32 Å². The van der Waals surface area contributed by atoms with Crippen molar-refractivity contribution in [1.82, 2.24) is 5.32 Å². The van der Waals surface area contributed by atoms with E-state index < -0.39 is 0 Å². The molecule has 0 bridgehead atoms. The van der Waals surface area contributed by atoms with Crippen molar-refractivity contribution in [3.05, 3.63) is 0 Å². The Kier molecular flexibility index (Phi) is 10.9. The van der Waals surface area contributed by atoms with E-state index in [1.54, 1.807) is 0 Å². The van der Waals surface area contributed by atoms with Crippen molar-refractivity contribution in [2.75, 3.05) is 19.8 Å². The van der Waals surface area contributed by atoms with Gasteiger partial charge in [0.2, 0.25) is 0 Å². The fourth-order valence-corrected chi connectivity index (χ4v) is 1.21. The number of hydrogen-bond acceptors (Lipinski definition) is 4. The molecule has 0 amide bonds. The minimum absolute atomic E-state index is 0.101. The molecule has 0 aromatic carbocycles. The van der Waals surface area contributed by atoms with Gasteiger partial charge < -0.3 is 0 Å². The predicted octanol–water partition coefficient (Wildman–Crippen LogP) is 1.96. The van der Waals surface area contributed by atoms with E-state index in [4.69, 9.17) is 9.47 Å².